The fraction of sp³-hybridized carbons (Fsp3) is 0.583. The first kappa shape index (κ1) is 12.9. The molecule has 1 saturated heterocycles. The Bertz CT molecular complexity index is 420. The minimum Gasteiger partial charge on any atom is -0.480 e. The third-order valence-corrected chi connectivity index (χ3v) is 4.84. The average Bonchev–Trinajstić information content (AvgIpc) is 2.86. The van der Waals surface area contributed by atoms with Crippen molar-refractivity contribution in [3.63, 3.8) is 0 Å². The highest BCUT2D eigenvalue weighted by Crippen LogP contribution is 2.35. The van der Waals surface area contributed by atoms with Crippen molar-refractivity contribution in [1.82, 2.24) is 4.90 Å². The number of halogens is 1. The highest BCUT2D eigenvalue weighted by atomic mass is 35.5. The van der Waals surface area contributed by atoms with Gasteiger partial charge in [0.15, 0.2) is 0 Å². The summed E-state index contributed by atoms with van der Waals surface area (Å²) in [7, 11) is 0. The maximum Gasteiger partial charge on any atom is 0.324 e. The number of thiophene rings is 1. The van der Waals surface area contributed by atoms with E-state index in [9.17, 15) is 9.90 Å². The first-order valence-corrected chi connectivity index (χ1v) is 7.05. The summed E-state index contributed by atoms with van der Waals surface area (Å²) >= 11 is 7.48. The van der Waals surface area contributed by atoms with Crippen molar-refractivity contribution in [2.24, 2.45) is 0 Å². The van der Waals surface area contributed by atoms with Crippen molar-refractivity contribution in [2.75, 3.05) is 6.54 Å². The molecule has 5 heteroatoms. The third kappa shape index (κ3) is 2.34. The summed E-state index contributed by atoms with van der Waals surface area (Å²) < 4.78 is 0. The molecule has 1 fully saturated rings. The van der Waals surface area contributed by atoms with Crippen LogP contribution in [0.3, 0.4) is 0 Å². The number of aliphatic carboxylic acids is 1. The van der Waals surface area contributed by atoms with Gasteiger partial charge in [-0.15, -0.1) is 11.3 Å². The second kappa shape index (κ2) is 4.96. The van der Waals surface area contributed by atoms with Gasteiger partial charge in [0.1, 0.15) is 5.54 Å². The minimum atomic E-state index is -0.694. The van der Waals surface area contributed by atoms with Gasteiger partial charge in [-0.2, -0.15) is 0 Å². The van der Waals surface area contributed by atoms with Crippen LogP contribution in [0.2, 0.25) is 5.02 Å². The van der Waals surface area contributed by atoms with Gasteiger partial charge in [-0.1, -0.05) is 18.5 Å². The molecule has 1 aromatic rings. The number of hydrogen-bond donors (Lipinski definition) is 1. The smallest absolute Gasteiger partial charge is 0.324 e. The lowest BCUT2D eigenvalue weighted by Gasteiger charge is -2.33. The fourth-order valence-corrected chi connectivity index (χ4v) is 3.67. The second-order valence-corrected chi connectivity index (χ2v) is 5.88. The summed E-state index contributed by atoms with van der Waals surface area (Å²) in [4.78, 5) is 14.7. The summed E-state index contributed by atoms with van der Waals surface area (Å²) in [5.74, 6) is -0.694. The molecule has 0 aromatic carbocycles. The van der Waals surface area contributed by atoms with Crippen LogP contribution in [0.5, 0.6) is 0 Å². The van der Waals surface area contributed by atoms with E-state index in [4.69, 9.17) is 11.6 Å². The van der Waals surface area contributed by atoms with Gasteiger partial charge in [0.2, 0.25) is 0 Å². The van der Waals surface area contributed by atoms with Crippen LogP contribution in [0.4, 0.5) is 0 Å². The molecule has 3 nitrogen and oxygen atoms in total. The van der Waals surface area contributed by atoms with E-state index in [0.29, 0.717) is 13.0 Å². The van der Waals surface area contributed by atoms with E-state index in [1.54, 1.807) is 11.3 Å². The van der Waals surface area contributed by atoms with E-state index in [2.05, 4.69) is 4.90 Å². The molecule has 0 radical (unpaired) electrons. The Balaban J connectivity index is 2.17. The van der Waals surface area contributed by atoms with E-state index >= 15 is 0 Å². The summed E-state index contributed by atoms with van der Waals surface area (Å²) in [5, 5.41) is 12.1. The van der Waals surface area contributed by atoms with Crippen LogP contribution in [0.1, 0.15) is 31.1 Å². The molecule has 1 unspecified atom stereocenters. The molecule has 1 aromatic heterocycles. The van der Waals surface area contributed by atoms with E-state index in [1.807, 2.05) is 18.4 Å². The van der Waals surface area contributed by atoms with Gasteiger partial charge in [-0.05, 0) is 31.9 Å². The lowest BCUT2D eigenvalue weighted by molar-refractivity contribution is -0.150. The lowest BCUT2D eigenvalue weighted by atomic mass is 9.93. The van der Waals surface area contributed by atoms with Crippen LogP contribution < -0.4 is 0 Å². The normalized spacial score (nSPS) is 25.3. The second-order valence-electron chi connectivity index (χ2n) is 4.45. The molecule has 2 rings (SSSR count). The lowest BCUT2D eigenvalue weighted by Crippen LogP contribution is -2.49. The van der Waals surface area contributed by atoms with Crippen molar-refractivity contribution >= 4 is 28.9 Å². The first-order valence-electron chi connectivity index (χ1n) is 5.80. The summed E-state index contributed by atoms with van der Waals surface area (Å²) in [6, 6.07) is 1.92. The highest BCUT2D eigenvalue weighted by molar-refractivity contribution is 7.10. The SMILES string of the molecule is CCC1(C(=O)O)CCCN1Cc1cc(Cl)cs1. The largest absolute Gasteiger partial charge is 0.480 e. The predicted molar refractivity (Wildman–Crippen MR) is 69.6 cm³/mol. The molecule has 94 valence electrons. The van der Waals surface area contributed by atoms with Gasteiger partial charge in [-0.25, -0.2) is 0 Å². The van der Waals surface area contributed by atoms with E-state index in [-0.39, 0.29) is 0 Å². The van der Waals surface area contributed by atoms with Crippen LogP contribution >= 0.6 is 22.9 Å². The van der Waals surface area contributed by atoms with Crippen molar-refractivity contribution in [3.8, 4) is 0 Å². The van der Waals surface area contributed by atoms with Crippen LogP contribution in [0.15, 0.2) is 11.4 Å². The average molecular weight is 274 g/mol. The molecular weight excluding hydrogens is 258 g/mol. The maximum absolute atomic E-state index is 11.5. The predicted octanol–water partition coefficient (Wildman–Crippen LogP) is 3.23. The molecule has 17 heavy (non-hydrogen) atoms. The summed E-state index contributed by atoms with van der Waals surface area (Å²) in [6.07, 6.45) is 2.36. The van der Waals surface area contributed by atoms with Crippen molar-refractivity contribution in [1.29, 1.82) is 0 Å². The zero-order valence-electron chi connectivity index (χ0n) is 9.78. The monoisotopic (exact) mass is 273 g/mol. The van der Waals surface area contributed by atoms with Crippen LogP contribution in [0, 0.1) is 0 Å². The molecule has 0 aliphatic carbocycles. The molecule has 0 spiro atoms. The van der Waals surface area contributed by atoms with Crippen LogP contribution in [-0.4, -0.2) is 28.1 Å². The van der Waals surface area contributed by atoms with Gasteiger partial charge in [0.05, 0.1) is 5.02 Å². The molecule has 1 atom stereocenters. The van der Waals surface area contributed by atoms with E-state index in [0.717, 1.165) is 29.3 Å². The van der Waals surface area contributed by atoms with Crippen molar-refractivity contribution in [2.45, 2.75) is 38.3 Å². The van der Waals surface area contributed by atoms with Gasteiger partial charge in [-0.3, -0.25) is 9.69 Å². The zero-order chi connectivity index (χ0) is 12.5. The quantitative estimate of drug-likeness (QED) is 0.916. The van der Waals surface area contributed by atoms with Gasteiger partial charge < -0.3 is 5.11 Å². The first-order chi connectivity index (χ1) is 8.08. The molecule has 0 bridgehead atoms. The topological polar surface area (TPSA) is 40.5 Å². The Hall–Kier alpha value is -0.580. The number of carbonyl (C=O) groups is 1. The molecule has 1 N–H and O–H groups in total. The van der Waals surface area contributed by atoms with Crippen LogP contribution in [-0.2, 0) is 11.3 Å². The molecule has 0 saturated carbocycles. The van der Waals surface area contributed by atoms with Gasteiger partial charge in [0.25, 0.3) is 0 Å². The summed E-state index contributed by atoms with van der Waals surface area (Å²) in [5.41, 5.74) is -0.670. The van der Waals surface area contributed by atoms with E-state index in [1.165, 1.54) is 0 Å². The number of nitrogens with zero attached hydrogens (tertiary/aromatic N) is 1. The number of carboxylic acids is 1. The molecule has 2 heterocycles. The maximum atomic E-state index is 11.5. The number of rotatable bonds is 4. The molecule has 1 aliphatic heterocycles. The van der Waals surface area contributed by atoms with E-state index < -0.39 is 11.5 Å². The summed E-state index contributed by atoms with van der Waals surface area (Å²) in [6.45, 7) is 3.50. The van der Waals surface area contributed by atoms with Gasteiger partial charge >= 0.3 is 5.97 Å². The Morgan fingerprint density at radius 1 is 1.71 bits per heavy atom. The van der Waals surface area contributed by atoms with Crippen molar-refractivity contribution < 1.29 is 9.90 Å². The fourth-order valence-electron chi connectivity index (χ4n) is 2.58. The Morgan fingerprint density at radius 2 is 2.47 bits per heavy atom. The highest BCUT2D eigenvalue weighted by Gasteiger charge is 2.45. The standard InChI is InChI=1S/C12H16ClNO2S/c1-2-12(11(15)16)4-3-5-14(12)7-10-6-9(13)8-17-10/h6,8H,2-5,7H2,1H3,(H,15,16). The number of likely N-dealkylation sites (tertiary alicyclic amines) is 1. The minimum absolute atomic E-state index is 0.654. The molecular formula is C12H16ClNO2S. The Labute approximate surface area is 110 Å². The van der Waals surface area contributed by atoms with Gasteiger partial charge in [0, 0.05) is 16.8 Å². The zero-order valence-corrected chi connectivity index (χ0v) is 11.4. The van der Waals surface area contributed by atoms with Crippen LogP contribution in [0.25, 0.3) is 0 Å². The molecule has 0 amide bonds. The number of hydrogen-bond acceptors (Lipinski definition) is 3. The van der Waals surface area contributed by atoms with Crippen molar-refractivity contribution in [3.05, 3.63) is 21.3 Å². The molecule has 1 aliphatic rings. The Morgan fingerprint density at radius 3 is 3.00 bits per heavy atom. The Kier molecular flexibility index (Phi) is 3.76. The number of carboxylic acid groups (broad SMARTS) is 1. The third-order valence-electron chi connectivity index (χ3n) is 3.58.